The molecule has 0 heterocycles. The summed E-state index contributed by atoms with van der Waals surface area (Å²) in [4.78, 5) is 11.2. The molecule has 1 aliphatic rings. The Labute approximate surface area is 99.4 Å². The molecule has 16 heavy (non-hydrogen) atoms. The number of amides is 1. The summed E-state index contributed by atoms with van der Waals surface area (Å²) in [7, 11) is 0. The van der Waals surface area contributed by atoms with E-state index in [9.17, 15) is 4.79 Å². The predicted octanol–water partition coefficient (Wildman–Crippen LogP) is 2.07. The molecule has 0 aromatic rings. The molecular weight excluding hydrogens is 200 g/mol. The number of nitrogens with one attached hydrogen (secondary N) is 2. The second-order valence-corrected chi connectivity index (χ2v) is 5.60. The highest BCUT2D eigenvalue weighted by Crippen LogP contribution is 2.34. The lowest BCUT2D eigenvalue weighted by molar-refractivity contribution is -0.120. The highest BCUT2D eigenvalue weighted by Gasteiger charge is 2.26. The number of rotatable bonds is 5. The Hall–Kier alpha value is -0.570. The molecule has 0 atom stereocenters. The van der Waals surface area contributed by atoms with Crippen molar-refractivity contribution in [2.75, 3.05) is 13.1 Å². The third-order valence-corrected chi connectivity index (χ3v) is 3.50. The number of hydrogen-bond donors (Lipinski definition) is 2. The van der Waals surface area contributed by atoms with Crippen LogP contribution in [0.15, 0.2) is 0 Å². The molecule has 0 aliphatic heterocycles. The molecule has 1 fully saturated rings. The van der Waals surface area contributed by atoms with Gasteiger partial charge in [-0.05, 0) is 38.0 Å². The van der Waals surface area contributed by atoms with Gasteiger partial charge in [-0.2, -0.15) is 0 Å². The maximum absolute atomic E-state index is 11.2. The van der Waals surface area contributed by atoms with E-state index >= 15 is 0 Å². The Bertz CT molecular complexity index is 216. The van der Waals surface area contributed by atoms with Crippen molar-refractivity contribution in [3.63, 3.8) is 0 Å². The van der Waals surface area contributed by atoms with Gasteiger partial charge in [-0.1, -0.05) is 13.8 Å². The van der Waals surface area contributed by atoms with Gasteiger partial charge >= 0.3 is 0 Å². The van der Waals surface area contributed by atoms with Crippen molar-refractivity contribution in [2.24, 2.45) is 5.41 Å². The van der Waals surface area contributed by atoms with Gasteiger partial charge in [0.25, 0.3) is 0 Å². The first-order chi connectivity index (χ1) is 7.53. The maximum atomic E-state index is 11.2. The Morgan fingerprint density at radius 2 is 1.94 bits per heavy atom. The van der Waals surface area contributed by atoms with E-state index in [1.54, 1.807) is 0 Å². The first-order valence-corrected chi connectivity index (χ1v) is 6.53. The topological polar surface area (TPSA) is 41.1 Å². The van der Waals surface area contributed by atoms with Gasteiger partial charge in [0, 0.05) is 25.6 Å². The molecule has 1 aliphatic carbocycles. The molecule has 3 nitrogen and oxygen atoms in total. The van der Waals surface area contributed by atoms with Crippen molar-refractivity contribution < 1.29 is 4.79 Å². The summed E-state index contributed by atoms with van der Waals surface area (Å²) in [6.45, 7) is 8.19. The van der Waals surface area contributed by atoms with Crippen molar-refractivity contribution in [2.45, 2.75) is 58.9 Å². The van der Waals surface area contributed by atoms with Crippen molar-refractivity contribution in [1.82, 2.24) is 10.6 Å². The van der Waals surface area contributed by atoms with Gasteiger partial charge in [-0.15, -0.1) is 0 Å². The highest BCUT2D eigenvalue weighted by atomic mass is 16.1. The van der Waals surface area contributed by atoms with Crippen LogP contribution in [0.1, 0.15) is 52.9 Å². The SMILES string of the molecule is CCNC(=O)CCNC1CCC(C)(C)CC1. The molecule has 94 valence electrons. The molecule has 1 rings (SSSR count). The van der Waals surface area contributed by atoms with Gasteiger partial charge in [0.2, 0.25) is 5.91 Å². The minimum atomic E-state index is 0.158. The average molecular weight is 226 g/mol. The first kappa shape index (κ1) is 13.5. The second-order valence-electron chi connectivity index (χ2n) is 5.60. The van der Waals surface area contributed by atoms with E-state index in [1.165, 1.54) is 25.7 Å². The summed E-state index contributed by atoms with van der Waals surface area (Å²) < 4.78 is 0. The Morgan fingerprint density at radius 1 is 1.31 bits per heavy atom. The molecule has 0 bridgehead atoms. The summed E-state index contributed by atoms with van der Waals surface area (Å²) in [6, 6.07) is 0.627. The van der Waals surface area contributed by atoms with E-state index < -0.39 is 0 Å². The van der Waals surface area contributed by atoms with E-state index in [-0.39, 0.29) is 5.91 Å². The lowest BCUT2D eigenvalue weighted by Gasteiger charge is -2.34. The molecule has 3 heteroatoms. The van der Waals surface area contributed by atoms with Crippen LogP contribution < -0.4 is 10.6 Å². The second kappa shape index (κ2) is 6.24. The summed E-state index contributed by atoms with van der Waals surface area (Å²) in [6.07, 6.45) is 5.70. The summed E-state index contributed by atoms with van der Waals surface area (Å²) in [5.41, 5.74) is 0.526. The fraction of sp³-hybridized carbons (Fsp3) is 0.923. The van der Waals surface area contributed by atoms with Crippen LogP contribution in [0.5, 0.6) is 0 Å². The van der Waals surface area contributed by atoms with E-state index in [1.807, 2.05) is 6.92 Å². The number of carbonyl (C=O) groups excluding carboxylic acids is 1. The molecule has 0 unspecified atom stereocenters. The van der Waals surface area contributed by atoms with Gasteiger partial charge in [0.05, 0.1) is 0 Å². The van der Waals surface area contributed by atoms with Crippen LogP contribution in [0.2, 0.25) is 0 Å². The smallest absolute Gasteiger partial charge is 0.221 e. The van der Waals surface area contributed by atoms with Crippen LogP contribution in [0, 0.1) is 5.41 Å². The monoisotopic (exact) mass is 226 g/mol. The standard InChI is InChI=1S/C13H26N2O/c1-4-14-12(16)7-10-15-11-5-8-13(2,3)9-6-11/h11,15H,4-10H2,1-3H3,(H,14,16). The molecule has 0 aromatic heterocycles. The lowest BCUT2D eigenvalue weighted by Crippen LogP contribution is -2.37. The van der Waals surface area contributed by atoms with E-state index in [4.69, 9.17) is 0 Å². The van der Waals surface area contributed by atoms with Crippen LogP contribution in [0.3, 0.4) is 0 Å². The van der Waals surface area contributed by atoms with Crippen molar-refractivity contribution >= 4 is 5.91 Å². The zero-order chi connectivity index (χ0) is 12.0. The average Bonchev–Trinajstić information content (AvgIpc) is 2.21. The van der Waals surface area contributed by atoms with Crippen molar-refractivity contribution in [3.8, 4) is 0 Å². The van der Waals surface area contributed by atoms with Gasteiger partial charge in [0.15, 0.2) is 0 Å². The molecule has 1 saturated carbocycles. The number of carbonyl (C=O) groups is 1. The normalized spacial score (nSPS) is 20.7. The van der Waals surface area contributed by atoms with Crippen LogP contribution in [-0.2, 0) is 4.79 Å². The lowest BCUT2D eigenvalue weighted by atomic mass is 9.75. The maximum Gasteiger partial charge on any atom is 0.221 e. The number of hydrogen-bond acceptors (Lipinski definition) is 2. The van der Waals surface area contributed by atoms with Gasteiger partial charge in [0.1, 0.15) is 0 Å². The first-order valence-electron chi connectivity index (χ1n) is 6.53. The molecular formula is C13H26N2O. The minimum absolute atomic E-state index is 0.158. The largest absolute Gasteiger partial charge is 0.356 e. The summed E-state index contributed by atoms with van der Waals surface area (Å²) in [5.74, 6) is 0.158. The fourth-order valence-electron chi connectivity index (χ4n) is 2.28. The molecule has 0 saturated heterocycles. The van der Waals surface area contributed by atoms with Crippen molar-refractivity contribution in [3.05, 3.63) is 0 Å². The quantitative estimate of drug-likeness (QED) is 0.753. The molecule has 2 N–H and O–H groups in total. The molecule has 0 radical (unpaired) electrons. The fourth-order valence-corrected chi connectivity index (χ4v) is 2.28. The van der Waals surface area contributed by atoms with Crippen LogP contribution >= 0.6 is 0 Å². The van der Waals surface area contributed by atoms with E-state index in [0.717, 1.165) is 13.1 Å². The zero-order valence-electron chi connectivity index (χ0n) is 10.9. The summed E-state index contributed by atoms with van der Waals surface area (Å²) >= 11 is 0. The van der Waals surface area contributed by atoms with Gasteiger partial charge in [-0.25, -0.2) is 0 Å². The third kappa shape index (κ3) is 4.97. The summed E-state index contributed by atoms with van der Waals surface area (Å²) in [5, 5.41) is 6.31. The molecule has 0 aromatic carbocycles. The van der Waals surface area contributed by atoms with E-state index in [2.05, 4.69) is 24.5 Å². The Kier molecular flexibility index (Phi) is 5.26. The molecule has 0 spiro atoms. The Morgan fingerprint density at radius 3 is 2.50 bits per heavy atom. The van der Waals surface area contributed by atoms with Gasteiger partial charge < -0.3 is 10.6 Å². The zero-order valence-corrected chi connectivity index (χ0v) is 10.9. The minimum Gasteiger partial charge on any atom is -0.356 e. The molecule has 1 amide bonds. The van der Waals surface area contributed by atoms with Crippen LogP contribution in [0.25, 0.3) is 0 Å². The Balaban J connectivity index is 2.09. The predicted molar refractivity (Wildman–Crippen MR) is 67.3 cm³/mol. The third-order valence-electron chi connectivity index (χ3n) is 3.50. The highest BCUT2D eigenvalue weighted by molar-refractivity contribution is 5.75. The van der Waals surface area contributed by atoms with Crippen LogP contribution in [-0.4, -0.2) is 25.0 Å². The van der Waals surface area contributed by atoms with Crippen LogP contribution in [0.4, 0.5) is 0 Å². The van der Waals surface area contributed by atoms with E-state index in [0.29, 0.717) is 17.9 Å². The van der Waals surface area contributed by atoms with Crippen molar-refractivity contribution in [1.29, 1.82) is 0 Å². The van der Waals surface area contributed by atoms with Gasteiger partial charge in [-0.3, -0.25) is 4.79 Å².